The van der Waals surface area contributed by atoms with Gasteiger partial charge in [-0.05, 0) is 56.5 Å². The van der Waals surface area contributed by atoms with Crippen LogP contribution in [0.1, 0.15) is 30.0 Å². The Balaban J connectivity index is 2.50. The third-order valence-electron chi connectivity index (χ3n) is 4.10. The van der Waals surface area contributed by atoms with Crippen LogP contribution in [0.4, 0.5) is 5.69 Å². The third kappa shape index (κ3) is 4.64. The van der Waals surface area contributed by atoms with Crippen molar-refractivity contribution in [2.45, 2.75) is 39.0 Å². The molecule has 0 aromatic heterocycles. The average molecular weight is 375 g/mol. The largest absolute Gasteiger partial charge is 0.355 e. The minimum Gasteiger partial charge on any atom is -0.355 e. The molecule has 0 saturated carbocycles. The summed E-state index contributed by atoms with van der Waals surface area (Å²) in [5.41, 5.74) is 3.23. The number of amides is 1. The highest BCUT2D eigenvalue weighted by molar-refractivity contribution is 7.92. The summed E-state index contributed by atoms with van der Waals surface area (Å²) in [6.45, 7) is 7.86. The van der Waals surface area contributed by atoms with Crippen molar-refractivity contribution in [1.82, 2.24) is 5.32 Å². The zero-order chi connectivity index (χ0) is 19.3. The van der Waals surface area contributed by atoms with Crippen molar-refractivity contribution in [1.29, 1.82) is 0 Å². The van der Waals surface area contributed by atoms with Crippen molar-refractivity contribution >= 4 is 21.6 Å². The van der Waals surface area contributed by atoms with E-state index in [1.165, 1.54) is 4.31 Å². The Morgan fingerprint density at radius 1 is 1.00 bits per heavy atom. The molecule has 0 unspecified atom stereocenters. The van der Waals surface area contributed by atoms with Gasteiger partial charge in [0.1, 0.15) is 6.54 Å². The smallest absolute Gasteiger partial charge is 0.264 e. The Labute approximate surface area is 156 Å². The summed E-state index contributed by atoms with van der Waals surface area (Å²) < 4.78 is 27.7. The first-order valence-corrected chi connectivity index (χ1v) is 10.1. The molecule has 1 amide bonds. The molecule has 0 spiro atoms. The van der Waals surface area contributed by atoms with E-state index in [0.717, 1.165) is 23.1 Å². The predicted octanol–water partition coefficient (Wildman–Crippen LogP) is 3.33. The number of hydrogen-bond donors (Lipinski definition) is 1. The summed E-state index contributed by atoms with van der Waals surface area (Å²) >= 11 is 0. The van der Waals surface area contributed by atoms with Crippen LogP contribution in [0.5, 0.6) is 0 Å². The Bertz CT molecular complexity index is 874. The van der Waals surface area contributed by atoms with Gasteiger partial charge in [-0.25, -0.2) is 8.42 Å². The maximum atomic E-state index is 13.3. The van der Waals surface area contributed by atoms with Crippen molar-refractivity contribution in [3.05, 3.63) is 59.2 Å². The van der Waals surface area contributed by atoms with Gasteiger partial charge >= 0.3 is 0 Å². The summed E-state index contributed by atoms with van der Waals surface area (Å²) in [6, 6.07) is 12.3. The zero-order valence-corrected chi connectivity index (χ0v) is 16.6. The van der Waals surface area contributed by atoms with E-state index in [0.29, 0.717) is 12.2 Å². The maximum absolute atomic E-state index is 13.3. The number of nitrogens with one attached hydrogen (secondary N) is 1. The molecule has 0 heterocycles. The van der Waals surface area contributed by atoms with Crippen LogP contribution in [0.15, 0.2) is 47.4 Å². The molecule has 0 atom stereocenters. The predicted molar refractivity (Wildman–Crippen MR) is 105 cm³/mol. The first-order chi connectivity index (χ1) is 12.3. The first-order valence-electron chi connectivity index (χ1n) is 8.69. The van der Waals surface area contributed by atoms with Crippen LogP contribution in [-0.2, 0) is 14.8 Å². The molecule has 0 aliphatic carbocycles. The normalized spacial score (nSPS) is 11.2. The highest BCUT2D eigenvalue weighted by atomic mass is 32.2. The number of aryl methyl sites for hydroxylation is 3. The van der Waals surface area contributed by atoms with E-state index in [1.54, 1.807) is 30.3 Å². The molecule has 0 aliphatic heterocycles. The second kappa shape index (κ2) is 8.36. The monoisotopic (exact) mass is 374 g/mol. The molecular weight excluding hydrogens is 348 g/mol. The van der Waals surface area contributed by atoms with Crippen LogP contribution in [0.3, 0.4) is 0 Å². The highest BCUT2D eigenvalue weighted by Gasteiger charge is 2.28. The maximum Gasteiger partial charge on any atom is 0.264 e. The zero-order valence-electron chi connectivity index (χ0n) is 15.7. The summed E-state index contributed by atoms with van der Waals surface area (Å²) in [7, 11) is -3.86. The van der Waals surface area contributed by atoms with Crippen molar-refractivity contribution in [3.8, 4) is 0 Å². The number of carbonyl (C=O) groups is 1. The minimum atomic E-state index is -3.86. The van der Waals surface area contributed by atoms with Crippen LogP contribution in [0, 0.1) is 20.8 Å². The van der Waals surface area contributed by atoms with E-state index in [9.17, 15) is 13.2 Å². The fraction of sp³-hybridized carbons (Fsp3) is 0.350. The van der Waals surface area contributed by atoms with E-state index in [-0.39, 0.29) is 17.3 Å². The minimum absolute atomic E-state index is 0.173. The number of anilines is 1. The van der Waals surface area contributed by atoms with Gasteiger partial charge in [0, 0.05) is 6.54 Å². The van der Waals surface area contributed by atoms with E-state index >= 15 is 0 Å². The molecule has 140 valence electrons. The number of carbonyl (C=O) groups excluding carboxylic acids is 1. The van der Waals surface area contributed by atoms with Crippen molar-refractivity contribution in [2.24, 2.45) is 0 Å². The van der Waals surface area contributed by atoms with Gasteiger partial charge < -0.3 is 5.32 Å². The first kappa shape index (κ1) is 20.0. The fourth-order valence-electron chi connectivity index (χ4n) is 2.58. The van der Waals surface area contributed by atoms with Crippen LogP contribution < -0.4 is 9.62 Å². The van der Waals surface area contributed by atoms with E-state index in [4.69, 9.17) is 0 Å². The lowest BCUT2D eigenvalue weighted by Crippen LogP contribution is -2.41. The molecule has 0 saturated heterocycles. The van der Waals surface area contributed by atoms with E-state index < -0.39 is 10.0 Å². The second-order valence-corrected chi connectivity index (χ2v) is 8.33. The van der Waals surface area contributed by atoms with Gasteiger partial charge in [-0.3, -0.25) is 9.10 Å². The molecule has 2 aromatic rings. The Kier molecular flexibility index (Phi) is 6.42. The number of nitrogens with zero attached hydrogens (tertiary/aromatic N) is 1. The highest BCUT2D eigenvalue weighted by Crippen LogP contribution is 2.28. The number of sulfonamides is 1. The molecule has 5 nitrogen and oxygen atoms in total. The van der Waals surface area contributed by atoms with Crippen LogP contribution >= 0.6 is 0 Å². The summed E-state index contributed by atoms with van der Waals surface area (Å²) in [5, 5.41) is 2.75. The molecule has 0 radical (unpaired) electrons. The van der Waals surface area contributed by atoms with Gasteiger partial charge in [0.15, 0.2) is 0 Å². The van der Waals surface area contributed by atoms with Gasteiger partial charge in [0.25, 0.3) is 10.0 Å². The van der Waals surface area contributed by atoms with Crippen LogP contribution in [-0.4, -0.2) is 27.4 Å². The Morgan fingerprint density at radius 3 is 2.23 bits per heavy atom. The molecule has 0 fully saturated rings. The molecule has 2 rings (SSSR count). The summed E-state index contributed by atoms with van der Waals surface area (Å²) in [4.78, 5) is 12.5. The van der Waals surface area contributed by atoms with Gasteiger partial charge in [-0.15, -0.1) is 0 Å². The van der Waals surface area contributed by atoms with E-state index in [2.05, 4.69) is 5.32 Å². The number of rotatable bonds is 7. The van der Waals surface area contributed by atoms with Gasteiger partial charge in [-0.2, -0.15) is 0 Å². The van der Waals surface area contributed by atoms with Crippen LogP contribution in [0.25, 0.3) is 0 Å². The van der Waals surface area contributed by atoms with Gasteiger partial charge in [-0.1, -0.05) is 36.8 Å². The molecule has 6 heteroatoms. The van der Waals surface area contributed by atoms with Crippen molar-refractivity contribution < 1.29 is 13.2 Å². The van der Waals surface area contributed by atoms with E-state index in [1.807, 2.05) is 39.8 Å². The third-order valence-corrected chi connectivity index (χ3v) is 5.88. The number of benzene rings is 2. The van der Waals surface area contributed by atoms with Crippen molar-refractivity contribution in [3.63, 3.8) is 0 Å². The summed E-state index contributed by atoms with van der Waals surface area (Å²) in [6.07, 6.45) is 0.792. The lowest BCUT2D eigenvalue weighted by atomic mass is 10.1. The van der Waals surface area contributed by atoms with Crippen LogP contribution in [0.2, 0.25) is 0 Å². The molecule has 0 aliphatic rings. The standard InChI is InChI=1S/C20H26N2O3S/c1-5-12-21-20(23)14-22(19-13-16(3)6-9-17(19)4)26(24,25)18-10-7-15(2)8-11-18/h6-11,13H,5,12,14H2,1-4H3,(H,21,23). The molecule has 1 N–H and O–H groups in total. The second-order valence-electron chi connectivity index (χ2n) is 6.46. The molecular formula is C20H26N2O3S. The van der Waals surface area contributed by atoms with Gasteiger partial charge in [0.05, 0.1) is 10.6 Å². The average Bonchev–Trinajstić information content (AvgIpc) is 2.60. The topological polar surface area (TPSA) is 66.5 Å². The Morgan fingerprint density at radius 2 is 1.62 bits per heavy atom. The van der Waals surface area contributed by atoms with Gasteiger partial charge in [0.2, 0.25) is 5.91 Å². The van der Waals surface area contributed by atoms with Crippen molar-refractivity contribution in [2.75, 3.05) is 17.4 Å². The molecule has 2 aromatic carbocycles. The number of hydrogen-bond acceptors (Lipinski definition) is 3. The lowest BCUT2D eigenvalue weighted by molar-refractivity contribution is -0.119. The Hall–Kier alpha value is -2.34. The molecule has 0 bridgehead atoms. The fourth-order valence-corrected chi connectivity index (χ4v) is 4.05. The quantitative estimate of drug-likeness (QED) is 0.808. The lowest BCUT2D eigenvalue weighted by Gasteiger charge is -2.26. The SMILES string of the molecule is CCCNC(=O)CN(c1cc(C)ccc1C)S(=O)(=O)c1ccc(C)cc1. The molecule has 26 heavy (non-hydrogen) atoms. The summed E-state index contributed by atoms with van der Waals surface area (Å²) in [5.74, 6) is -0.316.